The van der Waals surface area contributed by atoms with Crippen molar-refractivity contribution < 1.29 is 23.9 Å². The Bertz CT molecular complexity index is 557. The van der Waals surface area contributed by atoms with Crippen LogP contribution in [0, 0.1) is 0 Å². The molecule has 0 aliphatic heterocycles. The van der Waals surface area contributed by atoms with Crippen LogP contribution < -0.4 is 10.1 Å². The van der Waals surface area contributed by atoms with Crippen molar-refractivity contribution in [3.8, 4) is 5.75 Å². The van der Waals surface area contributed by atoms with Crippen molar-refractivity contribution in [2.45, 2.75) is 46.1 Å². The number of carbonyl (C=O) groups excluding carboxylic acids is 3. The summed E-state index contributed by atoms with van der Waals surface area (Å²) in [5.74, 6) is -0.0530. The van der Waals surface area contributed by atoms with Crippen molar-refractivity contribution in [1.82, 2.24) is 5.32 Å². The Morgan fingerprint density at radius 1 is 1.09 bits per heavy atom. The highest BCUT2D eigenvalue weighted by Gasteiger charge is 2.15. The number of carbonyl (C=O) groups is 3. The van der Waals surface area contributed by atoms with Gasteiger partial charge < -0.3 is 14.8 Å². The molecule has 0 fully saturated rings. The number of ketones is 1. The second-order valence-electron chi connectivity index (χ2n) is 6.09. The predicted molar refractivity (Wildman–Crippen MR) is 85.6 cm³/mol. The molecule has 1 aromatic carbocycles. The largest absolute Gasteiger partial charge is 0.444 e. The molecule has 0 radical (unpaired) electrons. The van der Waals surface area contributed by atoms with Crippen LogP contribution in [-0.2, 0) is 9.53 Å². The first-order valence-corrected chi connectivity index (χ1v) is 7.46. The van der Waals surface area contributed by atoms with Crippen LogP contribution in [-0.4, -0.2) is 30.0 Å². The molecule has 1 aromatic rings. The van der Waals surface area contributed by atoms with E-state index in [1.54, 1.807) is 45.0 Å². The second kappa shape index (κ2) is 8.31. The lowest BCUT2D eigenvalue weighted by molar-refractivity contribution is -0.134. The highest BCUT2D eigenvalue weighted by Crippen LogP contribution is 2.13. The van der Waals surface area contributed by atoms with Gasteiger partial charge in [-0.05, 0) is 58.4 Å². The molecule has 6 heteroatoms. The number of hydrogen-bond donors (Lipinski definition) is 1. The molecule has 0 aromatic heterocycles. The first-order chi connectivity index (χ1) is 10.7. The van der Waals surface area contributed by atoms with Gasteiger partial charge in [-0.25, -0.2) is 4.79 Å². The Morgan fingerprint density at radius 3 is 2.22 bits per heavy atom. The average Bonchev–Trinajstić information content (AvgIpc) is 2.42. The molecule has 1 rings (SSSR count). The van der Waals surface area contributed by atoms with Crippen LogP contribution in [0.1, 0.15) is 50.9 Å². The minimum absolute atomic E-state index is 0.0453. The number of amides is 1. The average molecular weight is 321 g/mol. The van der Waals surface area contributed by atoms with E-state index in [0.717, 1.165) is 0 Å². The number of Topliss-reactive ketones (excluding diaryl/α,β-unsaturated/α-hetero) is 1. The lowest BCUT2D eigenvalue weighted by Crippen LogP contribution is -2.33. The molecule has 0 heterocycles. The van der Waals surface area contributed by atoms with Gasteiger partial charge >= 0.3 is 12.1 Å². The summed E-state index contributed by atoms with van der Waals surface area (Å²) in [7, 11) is 0. The normalized spacial score (nSPS) is 10.8. The van der Waals surface area contributed by atoms with Gasteiger partial charge in [-0.3, -0.25) is 9.59 Å². The summed E-state index contributed by atoms with van der Waals surface area (Å²) >= 11 is 0. The van der Waals surface area contributed by atoms with Crippen molar-refractivity contribution in [1.29, 1.82) is 0 Å². The standard InChI is InChI=1S/C17H23NO5/c1-12(19)13-7-9-14(10-8-13)22-15(20)6-5-11-18-16(21)23-17(2,3)4/h7-10H,5-6,11H2,1-4H3,(H,18,21). The lowest BCUT2D eigenvalue weighted by Gasteiger charge is -2.19. The van der Waals surface area contributed by atoms with E-state index in [4.69, 9.17) is 9.47 Å². The van der Waals surface area contributed by atoms with Crippen LogP contribution >= 0.6 is 0 Å². The summed E-state index contributed by atoms with van der Waals surface area (Å²) in [6.07, 6.45) is 0.110. The van der Waals surface area contributed by atoms with Gasteiger partial charge in [0.05, 0.1) is 0 Å². The Hall–Kier alpha value is -2.37. The van der Waals surface area contributed by atoms with E-state index in [1.165, 1.54) is 6.92 Å². The number of benzene rings is 1. The number of alkyl carbamates (subject to hydrolysis) is 1. The number of hydrogen-bond acceptors (Lipinski definition) is 5. The van der Waals surface area contributed by atoms with Crippen molar-refractivity contribution in [2.75, 3.05) is 6.54 Å². The topological polar surface area (TPSA) is 81.7 Å². The third-order valence-electron chi connectivity index (χ3n) is 2.72. The van der Waals surface area contributed by atoms with E-state index in [2.05, 4.69) is 5.32 Å². The molecule has 0 aliphatic rings. The second-order valence-corrected chi connectivity index (χ2v) is 6.09. The van der Waals surface area contributed by atoms with Gasteiger partial charge in [0.2, 0.25) is 0 Å². The van der Waals surface area contributed by atoms with Gasteiger partial charge in [0.25, 0.3) is 0 Å². The first kappa shape index (κ1) is 18.7. The Balaban J connectivity index is 2.27. The zero-order valence-electron chi connectivity index (χ0n) is 14.0. The molecule has 0 saturated heterocycles. The Kier molecular flexibility index (Phi) is 6.75. The maximum atomic E-state index is 11.7. The molecule has 126 valence electrons. The number of ether oxygens (including phenoxy) is 2. The fourth-order valence-corrected chi connectivity index (χ4v) is 1.68. The minimum atomic E-state index is -0.547. The first-order valence-electron chi connectivity index (χ1n) is 7.46. The molecule has 6 nitrogen and oxygen atoms in total. The molecule has 0 bridgehead atoms. The van der Waals surface area contributed by atoms with E-state index in [0.29, 0.717) is 24.3 Å². The smallest absolute Gasteiger partial charge is 0.407 e. The van der Waals surface area contributed by atoms with Gasteiger partial charge in [-0.2, -0.15) is 0 Å². The summed E-state index contributed by atoms with van der Waals surface area (Å²) in [6.45, 7) is 7.13. The zero-order valence-corrected chi connectivity index (χ0v) is 14.0. The van der Waals surface area contributed by atoms with Gasteiger partial charge in [0.15, 0.2) is 5.78 Å². The molecule has 0 aliphatic carbocycles. The molecule has 23 heavy (non-hydrogen) atoms. The fraction of sp³-hybridized carbons (Fsp3) is 0.471. The summed E-state index contributed by atoms with van der Waals surface area (Å²) < 4.78 is 10.2. The maximum absolute atomic E-state index is 11.7. The van der Waals surface area contributed by atoms with Crippen LogP contribution in [0.2, 0.25) is 0 Å². The van der Waals surface area contributed by atoms with E-state index < -0.39 is 17.7 Å². The quantitative estimate of drug-likeness (QED) is 0.377. The fourth-order valence-electron chi connectivity index (χ4n) is 1.68. The van der Waals surface area contributed by atoms with Gasteiger partial charge in [0, 0.05) is 18.5 Å². The van der Waals surface area contributed by atoms with Crippen LogP contribution in [0.4, 0.5) is 4.79 Å². The highest BCUT2D eigenvalue weighted by molar-refractivity contribution is 5.94. The van der Waals surface area contributed by atoms with E-state index in [9.17, 15) is 14.4 Å². The predicted octanol–water partition coefficient (Wildman–Crippen LogP) is 3.10. The third kappa shape index (κ3) is 7.99. The van der Waals surface area contributed by atoms with Gasteiger partial charge in [-0.1, -0.05) is 0 Å². The van der Waals surface area contributed by atoms with E-state index in [-0.39, 0.29) is 12.2 Å². The van der Waals surface area contributed by atoms with Gasteiger partial charge in [0.1, 0.15) is 11.4 Å². The van der Waals surface area contributed by atoms with Crippen molar-refractivity contribution in [2.24, 2.45) is 0 Å². The van der Waals surface area contributed by atoms with Crippen LogP contribution in [0.5, 0.6) is 5.75 Å². The summed E-state index contributed by atoms with van der Waals surface area (Å²) in [5, 5.41) is 2.57. The summed E-state index contributed by atoms with van der Waals surface area (Å²) in [4.78, 5) is 34.2. The molecule has 0 spiro atoms. The summed E-state index contributed by atoms with van der Waals surface area (Å²) in [5.41, 5.74) is 0.0149. The molecule has 1 amide bonds. The Morgan fingerprint density at radius 2 is 1.70 bits per heavy atom. The van der Waals surface area contributed by atoms with E-state index in [1.807, 2.05) is 0 Å². The highest BCUT2D eigenvalue weighted by atomic mass is 16.6. The van der Waals surface area contributed by atoms with E-state index >= 15 is 0 Å². The monoisotopic (exact) mass is 321 g/mol. The van der Waals surface area contributed by atoms with Crippen molar-refractivity contribution >= 4 is 17.8 Å². The Labute approximate surface area is 136 Å². The van der Waals surface area contributed by atoms with Crippen molar-refractivity contribution in [3.05, 3.63) is 29.8 Å². The number of nitrogens with one attached hydrogen (secondary N) is 1. The molecule has 0 atom stereocenters. The zero-order chi connectivity index (χ0) is 17.5. The molecule has 1 N–H and O–H groups in total. The molecular weight excluding hydrogens is 298 g/mol. The third-order valence-corrected chi connectivity index (χ3v) is 2.72. The van der Waals surface area contributed by atoms with Crippen LogP contribution in [0.3, 0.4) is 0 Å². The maximum Gasteiger partial charge on any atom is 0.407 e. The van der Waals surface area contributed by atoms with Gasteiger partial charge in [-0.15, -0.1) is 0 Å². The van der Waals surface area contributed by atoms with Crippen LogP contribution in [0.25, 0.3) is 0 Å². The SMILES string of the molecule is CC(=O)c1ccc(OC(=O)CCCNC(=O)OC(C)(C)C)cc1. The number of esters is 1. The summed E-state index contributed by atoms with van der Waals surface area (Å²) in [6, 6.07) is 6.37. The van der Waals surface area contributed by atoms with Crippen LogP contribution in [0.15, 0.2) is 24.3 Å². The van der Waals surface area contributed by atoms with Crippen molar-refractivity contribution in [3.63, 3.8) is 0 Å². The molecule has 0 saturated carbocycles. The molecular formula is C17H23NO5. The molecule has 0 unspecified atom stereocenters. The number of rotatable bonds is 6. The minimum Gasteiger partial charge on any atom is -0.444 e. The lowest BCUT2D eigenvalue weighted by atomic mass is 10.1.